The minimum atomic E-state index is -3.76. The summed E-state index contributed by atoms with van der Waals surface area (Å²) >= 11 is 0. The first-order valence-electron chi connectivity index (χ1n) is 9.95. The van der Waals surface area contributed by atoms with Gasteiger partial charge in [0.15, 0.2) is 0 Å². The molecule has 30 heavy (non-hydrogen) atoms. The van der Waals surface area contributed by atoms with Gasteiger partial charge in [-0.05, 0) is 30.5 Å². The highest BCUT2D eigenvalue weighted by molar-refractivity contribution is 7.90. The summed E-state index contributed by atoms with van der Waals surface area (Å²) in [6.45, 7) is 5.81. The van der Waals surface area contributed by atoms with Gasteiger partial charge < -0.3 is 10.1 Å². The second kappa shape index (κ2) is 11.1. The fourth-order valence-electron chi connectivity index (χ4n) is 3.08. The van der Waals surface area contributed by atoms with Crippen LogP contribution in [-0.4, -0.2) is 64.3 Å². The van der Waals surface area contributed by atoms with Gasteiger partial charge in [0, 0.05) is 31.7 Å². The lowest BCUT2D eigenvalue weighted by atomic mass is 10.2. The molecule has 0 spiro atoms. The van der Waals surface area contributed by atoms with Crippen LogP contribution in [-0.2, 0) is 24.3 Å². The number of sulfonamides is 1. The van der Waals surface area contributed by atoms with Crippen LogP contribution in [0.1, 0.15) is 33.1 Å². The number of methoxy groups -OCH3 is 1. The maximum absolute atomic E-state index is 12.5. The standard InChI is InChI=1S/C20H30N4O5S/c1-15(2)13-24(11-9-20(26)29-3)14-19(25)22-16-6-4-7-17(12-16)30(27,28)23-18-8-5-10-21-18/h4,6-7,12,15H,5,8-11,13-14H2,1-3H3,(H,21,23)(H,22,25). The molecule has 1 aliphatic heterocycles. The van der Waals surface area contributed by atoms with Crippen molar-refractivity contribution in [2.75, 3.05) is 38.6 Å². The van der Waals surface area contributed by atoms with Crippen molar-refractivity contribution < 1.29 is 22.7 Å². The SMILES string of the molecule is COC(=O)CCN(CC(=O)Nc1cccc(S(=O)(=O)NC2=NCCC2)c1)CC(C)C. The van der Waals surface area contributed by atoms with Crippen molar-refractivity contribution in [3.05, 3.63) is 24.3 Å². The fourth-order valence-corrected chi connectivity index (χ4v) is 4.22. The Morgan fingerprint density at radius 3 is 2.70 bits per heavy atom. The van der Waals surface area contributed by atoms with Crippen molar-refractivity contribution in [1.29, 1.82) is 0 Å². The van der Waals surface area contributed by atoms with E-state index >= 15 is 0 Å². The molecule has 10 heteroatoms. The zero-order chi connectivity index (χ0) is 22.1. The van der Waals surface area contributed by atoms with E-state index in [-0.39, 0.29) is 29.7 Å². The number of nitrogens with zero attached hydrogens (tertiary/aromatic N) is 2. The first kappa shape index (κ1) is 23.8. The van der Waals surface area contributed by atoms with E-state index in [9.17, 15) is 18.0 Å². The number of rotatable bonds is 10. The van der Waals surface area contributed by atoms with E-state index in [2.05, 4.69) is 19.8 Å². The van der Waals surface area contributed by atoms with Gasteiger partial charge in [0.1, 0.15) is 5.84 Å². The van der Waals surface area contributed by atoms with Gasteiger partial charge in [-0.1, -0.05) is 19.9 Å². The second-order valence-electron chi connectivity index (χ2n) is 7.57. The Morgan fingerprint density at radius 2 is 2.07 bits per heavy atom. The predicted molar refractivity (Wildman–Crippen MR) is 115 cm³/mol. The Kier molecular flexibility index (Phi) is 8.79. The van der Waals surface area contributed by atoms with E-state index in [0.717, 1.165) is 6.42 Å². The molecular formula is C20H30N4O5S. The molecule has 2 rings (SSSR count). The summed E-state index contributed by atoms with van der Waals surface area (Å²) in [7, 11) is -2.43. The van der Waals surface area contributed by atoms with Gasteiger partial charge in [-0.15, -0.1) is 0 Å². The fraction of sp³-hybridized carbons (Fsp3) is 0.550. The average Bonchev–Trinajstić information content (AvgIpc) is 3.17. The molecule has 0 bridgehead atoms. The zero-order valence-electron chi connectivity index (χ0n) is 17.7. The Bertz CT molecular complexity index is 883. The van der Waals surface area contributed by atoms with Crippen LogP contribution in [0.2, 0.25) is 0 Å². The summed E-state index contributed by atoms with van der Waals surface area (Å²) in [5.74, 6) is 0.150. The van der Waals surface area contributed by atoms with Gasteiger partial charge in [0.25, 0.3) is 10.0 Å². The molecule has 0 atom stereocenters. The summed E-state index contributed by atoms with van der Waals surface area (Å²) in [6.07, 6.45) is 1.63. The smallest absolute Gasteiger partial charge is 0.306 e. The number of carbonyl (C=O) groups excluding carboxylic acids is 2. The normalized spacial score (nSPS) is 14.0. The van der Waals surface area contributed by atoms with Crippen LogP contribution in [0.5, 0.6) is 0 Å². The van der Waals surface area contributed by atoms with Crippen LogP contribution in [0.15, 0.2) is 34.2 Å². The summed E-state index contributed by atoms with van der Waals surface area (Å²) in [5, 5.41) is 2.73. The Balaban J connectivity index is 2.01. The third-order valence-corrected chi connectivity index (χ3v) is 5.78. The minimum Gasteiger partial charge on any atom is -0.469 e. The largest absolute Gasteiger partial charge is 0.469 e. The Morgan fingerprint density at radius 1 is 1.30 bits per heavy atom. The van der Waals surface area contributed by atoms with Gasteiger partial charge in [0.2, 0.25) is 5.91 Å². The van der Waals surface area contributed by atoms with Crippen LogP contribution >= 0.6 is 0 Å². The summed E-state index contributed by atoms with van der Waals surface area (Å²) < 4.78 is 32.2. The number of amides is 1. The number of anilines is 1. The van der Waals surface area contributed by atoms with E-state index in [1.54, 1.807) is 12.1 Å². The second-order valence-corrected chi connectivity index (χ2v) is 9.25. The number of amidine groups is 1. The molecule has 166 valence electrons. The molecule has 0 saturated heterocycles. The quantitative estimate of drug-likeness (QED) is 0.536. The maximum Gasteiger partial charge on any atom is 0.306 e. The number of hydrogen-bond acceptors (Lipinski definition) is 7. The van der Waals surface area contributed by atoms with E-state index < -0.39 is 10.0 Å². The molecule has 1 aromatic rings. The van der Waals surface area contributed by atoms with E-state index in [0.29, 0.717) is 43.5 Å². The topological polar surface area (TPSA) is 117 Å². The first-order chi connectivity index (χ1) is 14.2. The maximum atomic E-state index is 12.5. The molecule has 1 aliphatic rings. The minimum absolute atomic E-state index is 0.0552. The number of hydrogen-bond donors (Lipinski definition) is 2. The average molecular weight is 439 g/mol. The van der Waals surface area contributed by atoms with Gasteiger partial charge in [0.05, 0.1) is 25.0 Å². The predicted octanol–water partition coefficient (Wildman–Crippen LogP) is 1.62. The van der Waals surface area contributed by atoms with Crippen LogP contribution in [0.4, 0.5) is 5.69 Å². The van der Waals surface area contributed by atoms with Crippen molar-refractivity contribution in [3.8, 4) is 0 Å². The van der Waals surface area contributed by atoms with Crippen molar-refractivity contribution >= 4 is 33.4 Å². The third kappa shape index (κ3) is 7.75. The van der Waals surface area contributed by atoms with Gasteiger partial charge in [-0.2, -0.15) is 0 Å². The summed E-state index contributed by atoms with van der Waals surface area (Å²) in [4.78, 5) is 30.0. The molecule has 0 fully saturated rings. The molecule has 1 heterocycles. The highest BCUT2D eigenvalue weighted by Crippen LogP contribution is 2.16. The number of carbonyl (C=O) groups is 2. The molecule has 0 aromatic heterocycles. The molecule has 0 unspecified atom stereocenters. The monoisotopic (exact) mass is 438 g/mol. The van der Waals surface area contributed by atoms with E-state index in [4.69, 9.17) is 0 Å². The van der Waals surface area contributed by atoms with Crippen LogP contribution in [0.3, 0.4) is 0 Å². The molecule has 0 aliphatic carbocycles. The summed E-state index contributed by atoms with van der Waals surface area (Å²) in [5.41, 5.74) is 0.383. The molecule has 1 amide bonds. The number of ether oxygens (including phenoxy) is 1. The van der Waals surface area contributed by atoms with Gasteiger partial charge >= 0.3 is 5.97 Å². The van der Waals surface area contributed by atoms with E-state index in [1.807, 2.05) is 18.7 Å². The highest BCUT2D eigenvalue weighted by Gasteiger charge is 2.19. The number of benzene rings is 1. The van der Waals surface area contributed by atoms with Crippen LogP contribution in [0.25, 0.3) is 0 Å². The van der Waals surface area contributed by atoms with Gasteiger partial charge in [-0.3, -0.25) is 24.2 Å². The highest BCUT2D eigenvalue weighted by atomic mass is 32.2. The molecule has 0 radical (unpaired) electrons. The lowest BCUT2D eigenvalue weighted by Gasteiger charge is -2.23. The van der Waals surface area contributed by atoms with Crippen molar-refractivity contribution in [3.63, 3.8) is 0 Å². The van der Waals surface area contributed by atoms with E-state index in [1.165, 1.54) is 19.2 Å². The van der Waals surface area contributed by atoms with Crippen molar-refractivity contribution in [1.82, 2.24) is 9.62 Å². The van der Waals surface area contributed by atoms with Crippen LogP contribution in [0, 0.1) is 5.92 Å². The molecular weight excluding hydrogens is 408 g/mol. The van der Waals surface area contributed by atoms with Crippen LogP contribution < -0.4 is 10.0 Å². The molecule has 2 N–H and O–H groups in total. The Labute approximate surface area is 177 Å². The number of nitrogens with one attached hydrogen (secondary N) is 2. The van der Waals surface area contributed by atoms with Crippen molar-refractivity contribution in [2.45, 2.75) is 38.0 Å². The van der Waals surface area contributed by atoms with Crippen molar-refractivity contribution in [2.24, 2.45) is 10.9 Å². The lowest BCUT2D eigenvalue weighted by molar-refractivity contribution is -0.141. The Hall–Kier alpha value is -2.46. The number of esters is 1. The zero-order valence-corrected chi connectivity index (χ0v) is 18.5. The third-order valence-electron chi connectivity index (χ3n) is 4.41. The molecule has 9 nitrogen and oxygen atoms in total. The lowest BCUT2D eigenvalue weighted by Crippen LogP contribution is -2.37. The van der Waals surface area contributed by atoms with Gasteiger partial charge in [-0.25, -0.2) is 8.42 Å². The number of aliphatic imine (C=N–C) groups is 1. The summed E-state index contributed by atoms with van der Waals surface area (Å²) in [6, 6.07) is 6.08. The molecule has 1 aromatic carbocycles. The first-order valence-corrected chi connectivity index (χ1v) is 11.4. The molecule has 0 saturated carbocycles.